The Bertz CT molecular complexity index is 2580. The number of alkyl halides is 6. The Morgan fingerprint density at radius 2 is 1.23 bits per heavy atom. The summed E-state index contributed by atoms with van der Waals surface area (Å²) in [5.41, 5.74) is 5.72. The van der Waals surface area contributed by atoms with Crippen LogP contribution < -0.4 is 0 Å². The van der Waals surface area contributed by atoms with Crippen LogP contribution >= 0.6 is 0 Å². The molecule has 0 fully saturated rings. The summed E-state index contributed by atoms with van der Waals surface area (Å²) in [5.74, 6) is -0.546. The summed E-state index contributed by atoms with van der Waals surface area (Å²) in [6.45, 7) is 1.97. The lowest BCUT2D eigenvalue weighted by atomic mass is 9.71. The Hall–Kier alpha value is -6.52. The molecule has 0 bridgehead atoms. The number of hydrogen-bond donors (Lipinski definition) is 0. The lowest BCUT2D eigenvalue weighted by Crippen LogP contribution is -2.29. The third kappa shape index (κ3) is 5.37. The van der Waals surface area contributed by atoms with Crippen LogP contribution in [0.5, 0.6) is 0 Å². The van der Waals surface area contributed by atoms with Crippen LogP contribution in [0.25, 0.3) is 39.0 Å². The first kappa shape index (κ1) is 33.6. The lowest BCUT2D eigenvalue weighted by molar-refractivity contribution is -0.138. The average Bonchev–Trinajstić information content (AvgIpc) is 3.58. The molecule has 53 heavy (non-hydrogen) atoms. The summed E-state index contributed by atoms with van der Waals surface area (Å²) < 4.78 is 81.9. The Kier molecular flexibility index (Phi) is 7.63. The molecule has 10 heteroatoms. The van der Waals surface area contributed by atoms with Gasteiger partial charge < -0.3 is 0 Å². The number of halogens is 6. The van der Waals surface area contributed by atoms with E-state index in [0.29, 0.717) is 61.5 Å². The van der Waals surface area contributed by atoms with E-state index < -0.39 is 34.8 Å². The first-order valence-electron chi connectivity index (χ1n) is 16.5. The molecule has 0 spiro atoms. The highest BCUT2D eigenvalue weighted by molar-refractivity contribution is 6.29. The van der Waals surface area contributed by atoms with E-state index in [4.69, 9.17) is 0 Å². The van der Waals surface area contributed by atoms with Gasteiger partial charge in [0, 0.05) is 33.6 Å². The molecule has 0 heterocycles. The van der Waals surface area contributed by atoms with E-state index in [1.165, 1.54) is 12.1 Å². The fraction of sp³-hybridized carbons (Fsp3) is 0.116. The lowest BCUT2D eigenvalue weighted by Gasteiger charge is -2.31. The summed E-state index contributed by atoms with van der Waals surface area (Å²) in [6.07, 6.45) is 0.356. The Morgan fingerprint density at radius 3 is 1.89 bits per heavy atom. The molecule has 2 atom stereocenters. The Morgan fingerprint density at radius 1 is 0.604 bits per heavy atom. The normalized spacial score (nSPS) is 19.9. The predicted octanol–water partition coefficient (Wildman–Crippen LogP) is 11.2. The average molecular weight is 711 g/mol. The number of fused-ring (bicyclic) bond motifs is 6. The van der Waals surface area contributed by atoms with Crippen LogP contribution in [-0.4, -0.2) is 11.4 Å². The molecule has 8 rings (SSSR count). The van der Waals surface area contributed by atoms with Crippen LogP contribution in [0.1, 0.15) is 45.9 Å². The minimum Gasteiger partial charge on any atom is -0.177 e. The van der Waals surface area contributed by atoms with Gasteiger partial charge in [-0.05, 0) is 80.9 Å². The molecule has 0 saturated carbocycles. The first-order valence-corrected chi connectivity index (χ1v) is 16.5. The van der Waals surface area contributed by atoms with Crippen molar-refractivity contribution in [1.82, 2.24) is 0 Å². The van der Waals surface area contributed by atoms with Gasteiger partial charge in [0.1, 0.15) is 0 Å². The monoisotopic (exact) mass is 710 g/mol. The van der Waals surface area contributed by atoms with Gasteiger partial charge in [-0.25, -0.2) is 0 Å². The second-order valence-corrected chi connectivity index (χ2v) is 13.3. The zero-order valence-corrected chi connectivity index (χ0v) is 27.7. The van der Waals surface area contributed by atoms with E-state index in [0.717, 1.165) is 41.0 Å². The molecule has 0 aliphatic heterocycles. The highest BCUT2D eigenvalue weighted by atomic mass is 19.4. The van der Waals surface area contributed by atoms with Crippen molar-refractivity contribution in [3.05, 3.63) is 160 Å². The summed E-state index contributed by atoms with van der Waals surface area (Å²) >= 11 is 0. The molecule has 0 saturated heterocycles. The van der Waals surface area contributed by atoms with Crippen molar-refractivity contribution in [3.8, 4) is 45.8 Å². The number of rotatable bonds is 3. The van der Waals surface area contributed by atoms with Crippen LogP contribution in [0.2, 0.25) is 0 Å². The number of nitriles is 2. The number of benzene rings is 5. The minimum atomic E-state index is -4.53. The quantitative estimate of drug-likeness (QED) is 0.135. The van der Waals surface area contributed by atoms with Crippen LogP contribution in [0.3, 0.4) is 0 Å². The van der Waals surface area contributed by atoms with Gasteiger partial charge in [-0.2, -0.15) is 46.9 Å². The van der Waals surface area contributed by atoms with Crippen molar-refractivity contribution in [2.24, 2.45) is 15.9 Å². The fourth-order valence-corrected chi connectivity index (χ4v) is 7.86. The van der Waals surface area contributed by atoms with Gasteiger partial charge in [-0.3, -0.25) is 0 Å². The highest BCUT2D eigenvalue weighted by Gasteiger charge is 2.49. The topological polar surface area (TPSA) is 72.3 Å². The molecule has 3 aliphatic carbocycles. The van der Waals surface area contributed by atoms with Crippen molar-refractivity contribution in [3.63, 3.8) is 0 Å². The van der Waals surface area contributed by atoms with E-state index in [2.05, 4.69) is 9.98 Å². The van der Waals surface area contributed by atoms with Crippen molar-refractivity contribution >= 4 is 17.0 Å². The molecule has 0 N–H and O–H groups in total. The van der Waals surface area contributed by atoms with Crippen molar-refractivity contribution < 1.29 is 26.3 Å². The van der Waals surface area contributed by atoms with Crippen LogP contribution in [-0.2, 0) is 17.8 Å². The molecular formula is C43H24F6N4. The van der Waals surface area contributed by atoms with Gasteiger partial charge in [-0.1, -0.05) is 91.9 Å². The van der Waals surface area contributed by atoms with E-state index in [1.54, 1.807) is 36.4 Å². The van der Waals surface area contributed by atoms with E-state index in [1.807, 2.05) is 67.9 Å². The predicted molar refractivity (Wildman–Crippen MR) is 191 cm³/mol. The summed E-state index contributed by atoms with van der Waals surface area (Å²) in [5, 5.41) is 20.0. The highest BCUT2D eigenvalue weighted by Crippen LogP contribution is 2.56. The van der Waals surface area contributed by atoms with Gasteiger partial charge in [-0.15, -0.1) is 0 Å². The third-order valence-electron chi connectivity index (χ3n) is 10.3. The van der Waals surface area contributed by atoms with Crippen molar-refractivity contribution in [2.45, 2.75) is 24.7 Å². The maximum absolute atomic E-state index is 13.7. The van der Waals surface area contributed by atoms with Crippen molar-refractivity contribution in [1.29, 1.82) is 10.5 Å². The molecular weight excluding hydrogens is 686 g/mol. The second-order valence-electron chi connectivity index (χ2n) is 13.3. The van der Waals surface area contributed by atoms with Crippen molar-refractivity contribution in [2.75, 3.05) is 0 Å². The molecule has 258 valence electrons. The molecule has 5 aromatic carbocycles. The summed E-state index contributed by atoms with van der Waals surface area (Å²) in [4.78, 5) is 8.63. The van der Waals surface area contributed by atoms with E-state index in [-0.39, 0.29) is 0 Å². The number of aliphatic imine (C=N–C) groups is 2. The van der Waals surface area contributed by atoms with Gasteiger partial charge in [0.2, 0.25) is 12.4 Å². The molecule has 0 aromatic heterocycles. The molecule has 0 amide bonds. The molecule has 0 radical (unpaired) electrons. The summed E-state index contributed by atoms with van der Waals surface area (Å²) in [7, 11) is 0. The SMILES string of the molecule is CC12C=CC(c3cccc(C(F)(F)F)c3)=CC1/C(=N\C#N)c1c2cc2c(c1-c1ccccc1)-c1ccc(-c3cccc(C(F)(F)F)c3)cc1/C2=N\C#N. The van der Waals surface area contributed by atoms with E-state index >= 15 is 0 Å². The van der Waals surface area contributed by atoms with Gasteiger partial charge in [0.05, 0.1) is 22.6 Å². The zero-order valence-electron chi connectivity index (χ0n) is 27.7. The zero-order chi connectivity index (χ0) is 37.3. The maximum Gasteiger partial charge on any atom is 0.416 e. The molecule has 5 aromatic rings. The third-order valence-corrected chi connectivity index (χ3v) is 10.3. The fourth-order valence-electron chi connectivity index (χ4n) is 7.86. The van der Waals surface area contributed by atoms with Crippen LogP contribution in [0.15, 0.2) is 131 Å². The number of hydrogen-bond acceptors (Lipinski definition) is 4. The van der Waals surface area contributed by atoms with Gasteiger partial charge in [0.15, 0.2) is 0 Å². The molecule has 3 aliphatic rings. The minimum absolute atomic E-state index is 0.343. The Balaban J connectivity index is 1.37. The van der Waals surface area contributed by atoms with E-state index in [9.17, 15) is 36.9 Å². The van der Waals surface area contributed by atoms with Gasteiger partial charge >= 0.3 is 12.4 Å². The second kappa shape index (κ2) is 12.0. The maximum atomic E-state index is 13.7. The standard InChI is InChI=1S/C43H24F6N4/c1-41-16-15-28(26-10-6-12-30(18-26)43(47,48)49)20-35(41)40(53-23-51)38-34(41)21-33-37(36(38)24-7-3-2-4-8-24)31-14-13-27(19-32(31)39(33)52-22-50)25-9-5-11-29(17-25)42(44,45)46/h2-21,35H,1H3/b52-39+,53-40+. The number of nitrogens with zero attached hydrogens (tertiary/aromatic N) is 4. The smallest absolute Gasteiger partial charge is 0.177 e. The molecule has 2 unspecified atom stereocenters. The Labute approximate surface area is 300 Å². The van der Waals surface area contributed by atoms with Crippen LogP contribution in [0.4, 0.5) is 26.3 Å². The number of allylic oxidation sites excluding steroid dienone is 4. The van der Waals surface area contributed by atoms with Crippen LogP contribution in [0, 0.1) is 28.8 Å². The molecule has 4 nitrogen and oxygen atoms in total. The largest absolute Gasteiger partial charge is 0.416 e. The van der Waals surface area contributed by atoms with Gasteiger partial charge in [0.25, 0.3) is 0 Å². The first-order chi connectivity index (χ1) is 25.3. The summed E-state index contributed by atoms with van der Waals surface area (Å²) in [6, 6.07) is 26.7.